The van der Waals surface area contributed by atoms with Gasteiger partial charge in [-0.15, -0.1) is 0 Å². The van der Waals surface area contributed by atoms with Gasteiger partial charge in [0.25, 0.3) is 0 Å². The summed E-state index contributed by atoms with van der Waals surface area (Å²) in [6, 6.07) is 0. The fraction of sp³-hybridized carbons (Fsp3) is 0.929. The molecule has 116 valence electrons. The van der Waals surface area contributed by atoms with Crippen molar-refractivity contribution in [2.45, 2.75) is 64.1 Å². The largest absolute Gasteiger partial charge is 0.325 e. The van der Waals surface area contributed by atoms with Crippen LogP contribution in [0, 0.1) is 0 Å². The molecule has 2 fully saturated rings. The minimum absolute atomic E-state index is 0.0117. The van der Waals surface area contributed by atoms with E-state index in [0.29, 0.717) is 6.54 Å². The minimum Gasteiger partial charge on any atom is -0.325 e. The van der Waals surface area contributed by atoms with Gasteiger partial charge >= 0.3 is 0 Å². The molecule has 1 spiro atoms. The molecule has 6 heteroatoms. The van der Waals surface area contributed by atoms with E-state index < -0.39 is 15.4 Å². The summed E-state index contributed by atoms with van der Waals surface area (Å²) in [7, 11) is -3.03. The van der Waals surface area contributed by atoms with Crippen LogP contribution in [0.4, 0.5) is 0 Å². The Kier molecular flexibility index (Phi) is 4.74. The summed E-state index contributed by atoms with van der Waals surface area (Å²) in [5.74, 6) is 0.346. The Morgan fingerprint density at radius 3 is 2.50 bits per heavy atom. The Morgan fingerprint density at radius 1 is 1.30 bits per heavy atom. The first kappa shape index (κ1) is 15.8. The maximum atomic E-state index is 12.7. The highest BCUT2D eigenvalue weighted by atomic mass is 32.2. The Balaban J connectivity index is 2.09. The second-order valence-electron chi connectivity index (χ2n) is 5.97. The lowest BCUT2D eigenvalue weighted by Gasteiger charge is -2.23. The number of carbonyl (C=O) groups is 1. The third-order valence-corrected chi connectivity index (χ3v) is 6.28. The van der Waals surface area contributed by atoms with Crippen LogP contribution in [0.5, 0.6) is 0 Å². The normalized spacial score (nSPS) is 25.8. The molecule has 2 rings (SSSR count). The van der Waals surface area contributed by atoms with Crippen LogP contribution < -0.4 is 5.32 Å². The quantitative estimate of drug-likeness (QED) is 0.803. The molecule has 1 saturated carbocycles. The lowest BCUT2D eigenvalue weighted by molar-refractivity contribution is -0.133. The van der Waals surface area contributed by atoms with Crippen molar-refractivity contribution >= 4 is 15.7 Å². The van der Waals surface area contributed by atoms with E-state index in [0.717, 1.165) is 38.5 Å². The van der Waals surface area contributed by atoms with Crippen molar-refractivity contribution in [1.82, 2.24) is 10.2 Å². The molecule has 1 heterocycles. The van der Waals surface area contributed by atoms with Gasteiger partial charge in [-0.25, -0.2) is 8.42 Å². The number of sulfone groups is 1. The SMILES string of the molecule is CCCC1NC2(CCCC2)C(=O)N1CCS(=O)(=O)CC. The zero-order valence-corrected chi connectivity index (χ0v) is 13.3. The molecule has 1 amide bonds. The molecule has 0 aromatic rings. The van der Waals surface area contributed by atoms with Gasteiger partial charge in [0, 0.05) is 12.3 Å². The van der Waals surface area contributed by atoms with Crippen molar-refractivity contribution in [2.75, 3.05) is 18.1 Å². The Labute approximate surface area is 122 Å². The molecule has 1 aliphatic carbocycles. The fourth-order valence-electron chi connectivity index (χ4n) is 3.35. The molecule has 1 saturated heterocycles. The fourth-order valence-corrected chi connectivity index (χ4v) is 4.12. The Bertz CT molecular complexity index is 455. The number of amides is 1. The van der Waals surface area contributed by atoms with Crippen LogP contribution in [-0.4, -0.2) is 49.0 Å². The van der Waals surface area contributed by atoms with Crippen LogP contribution >= 0.6 is 0 Å². The first-order valence-corrected chi connectivity index (χ1v) is 9.55. The molecular weight excluding hydrogens is 276 g/mol. The first-order chi connectivity index (χ1) is 9.44. The van der Waals surface area contributed by atoms with Crippen molar-refractivity contribution in [3.8, 4) is 0 Å². The van der Waals surface area contributed by atoms with Crippen molar-refractivity contribution in [3.63, 3.8) is 0 Å². The van der Waals surface area contributed by atoms with Crippen LogP contribution in [0.2, 0.25) is 0 Å². The Hall–Kier alpha value is -0.620. The van der Waals surface area contributed by atoms with Crippen LogP contribution in [0.25, 0.3) is 0 Å². The number of nitrogens with one attached hydrogen (secondary N) is 1. The average molecular weight is 302 g/mol. The topological polar surface area (TPSA) is 66.5 Å². The molecule has 1 atom stereocenters. The van der Waals surface area contributed by atoms with Gasteiger partial charge in [-0.05, 0) is 19.3 Å². The van der Waals surface area contributed by atoms with Gasteiger partial charge in [0.15, 0.2) is 9.84 Å². The summed E-state index contributed by atoms with van der Waals surface area (Å²) in [6.07, 6.45) is 5.83. The molecule has 0 radical (unpaired) electrons. The van der Waals surface area contributed by atoms with E-state index in [1.807, 2.05) is 0 Å². The summed E-state index contributed by atoms with van der Waals surface area (Å²) in [5.41, 5.74) is -0.393. The second kappa shape index (κ2) is 6.02. The van der Waals surface area contributed by atoms with Crippen LogP contribution in [-0.2, 0) is 14.6 Å². The van der Waals surface area contributed by atoms with E-state index in [4.69, 9.17) is 0 Å². The van der Waals surface area contributed by atoms with Crippen LogP contribution in [0.3, 0.4) is 0 Å². The highest BCUT2D eigenvalue weighted by molar-refractivity contribution is 7.91. The first-order valence-electron chi connectivity index (χ1n) is 7.73. The Morgan fingerprint density at radius 2 is 1.95 bits per heavy atom. The molecule has 20 heavy (non-hydrogen) atoms. The number of carbonyl (C=O) groups excluding carboxylic acids is 1. The van der Waals surface area contributed by atoms with E-state index in [-0.39, 0.29) is 23.6 Å². The van der Waals surface area contributed by atoms with E-state index in [9.17, 15) is 13.2 Å². The van der Waals surface area contributed by atoms with Gasteiger partial charge in [-0.1, -0.05) is 33.1 Å². The maximum absolute atomic E-state index is 12.7. The lowest BCUT2D eigenvalue weighted by atomic mass is 9.98. The number of hydrogen-bond acceptors (Lipinski definition) is 4. The monoisotopic (exact) mass is 302 g/mol. The van der Waals surface area contributed by atoms with Gasteiger partial charge < -0.3 is 4.90 Å². The smallest absolute Gasteiger partial charge is 0.244 e. The molecular formula is C14H26N2O3S. The highest BCUT2D eigenvalue weighted by Gasteiger charge is 2.51. The summed E-state index contributed by atoms with van der Waals surface area (Å²) in [4.78, 5) is 14.5. The summed E-state index contributed by atoms with van der Waals surface area (Å²) >= 11 is 0. The molecule has 1 aliphatic heterocycles. The predicted octanol–water partition coefficient (Wildman–Crippen LogP) is 1.29. The van der Waals surface area contributed by atoms with Crippen molar-refractivity contribution in [1.29, 1.82) is 0 Å². The summed E-state index contributed by atoms with van der Waals surface area (Å²) in [5, 5.41) is 3.50. The number of hydrogen-bond donors (Lipinski definition) is 1. The zero-order valence-electron chi connectivity index (χ0n) is 12.5. The van der Waals surface area contributed by atoms with E-state index in [2.05, 4.69) is 12.2 Å². The van der Waals surface area contributed by atoms with Gasteiger partial charge in [0.1, 0.15) is 0 Å². The molecule has 0 aromatic heterocycles. The van der Waals surface area contributed by atoms with Crippen LogP contribution in [0.1, 0.15) is 52.4 Å². The highest BCUT2D eigenvalue weighted by Crippen LogP contribution is 2.37. The molecule has 5 nitrogen and oxygen atoms in total. The van der Waals surface area contributed by atoms with Gasteiger partial charge in [0.05, 0.1) is 17.5 Å². The third kappa shape index (κ3) is 3.01. The molecule has 2 aliphatic rings. The predicted molar refractivity (Wildman–Crippen MR) is 79.1 cm³/mol. The summed E-state index contributed by atoms with van der Waals surface area (Å²) < 4.78 is 23.4. The second-order valence-corrected chi connectivity index (χ2v) is 8.45. The van der Waals surface area contributed by atoms with E-state index >= 15 is 0 Å². The van der Waals surface area contributed by atoms with E-state index in [1.54, 1.807) is 11.8 Å². The van der Waals surface area contributed by atoms with Crippen molar-refractivity contribution in [3.05, 3.63) is 0 Å². The van der Waals surface area contributed by atoms with Crippen molar-refractivity contribution in [2.24, 2.45) is 0 Å². The van der Waals surface area contributed by atoms with E-state index in [1.165, 1.54) is 0 Å². The standard InChI is InChI=1S/C14H26N2O3S/c1-3-7-12-15-14(8-5-6-9-14)13(17)16(12)10-11-20(18,19)4-2/h12,15H,3-11H2,1-2H3. The number of nitrogens with zero attached hydrogens (tertiary/aromatic N) is 1. The van der Waals surface area contributed by atoms with Gasteiger partial charge in [-0.3, -0.25) is 10.1 Å². The average Bonchev–Trinajstić information content (AvgIpc) is 2.97. The van der Waals surface area contributed by atoms with Gasteiger partial charge in [-0.2, -0.15) is 0 Å². The zero-order chi connectivity index (χ0) is 14.8. The van der Waals surface area contributed by atoms with Gasteiger partial charge in [0.2, 0.25) is 5.91 Å². The van der Waals surface area contributed by atoms with Crippen molar-refractivity contribution < 1.29 is 13.2 Å². The minimum atomic E-state index is -3.03. The lowest BCUT2D eigenvalue weighted by Crippen LogP contribution is -2.44. The molecule has 0 bridgehead atoms. The summed E-state index contributed by atoms with van der Waals surface area (Å²) in [6.45, 7) is 4.07. The molecule has 0 aromatic carbocycles. The van der Waals surface area contributed by atoms with Crippen LogP contribution in [0.15, 0.2) is 0 Å². The molecule has 1 N–H and O–H groups in total. The third-order valence-electron chi connectivity index (χ3n) is 4.59. The molecule has 1 unspecified atom stereocenters. The number of rotatable bonds is 6. The maximum Gasteiger partial charge on any atom is 0.244 e.